The molecule has 0 aliphatic heterocycles. The number of aromatic nitrogens is 4. The molecule has 24 heavy (non-hydrogen) atoms. The lowest BCUT2D eigenvalue weighted by Gasteiger charge is -2.05. The van der Waals surface area contributed by atoms with Crippen LogP contribution in [0.25, 0.3) is 21.3 Å². The molecule has 0 unspecified atom stereocenters. The molecule has 1 aromatic carbocycles. The summed E-state index contributed by atoms with van der Waals surface area (Å²) in [5.74, 6) is 1.67. The monoisotopic (exact) mass is 338 g/mol. The zero-order valence-corrected chi connectivity index (χ0v) is 13.7. The van der Waals surface area contributed by atoms with Gasteiger partial charge in [0.1, 0.15) is 22.7 Å². The Balaban J connectivity index is 1.68. The minimum absolute atomic E-state index is 0.605. The molecule has 0 saturated carbocycles. The Morgan fingerprint density at radius 1 is 1.21 bits per heavy atom. The fraction of sp³-hybridized carbons (Fsp3) is 0.118. The highest BCUT2D eigenvalue weighted by Crippen LogP contribution is 2.35. The third-order valence-corrected chi connectivity index (χ3v) is 4.63. The van der Waals surface area contributed by atoms with E-state index in [1.165, 1.54) is 0 Å². The summed E-state index contributed by atoms with van der Waals surface area (Å²) in [6, 6.07) is 9.70. The first-order valence-electron chi connectivity index (χ1n) is 7.35. The van der Waals surface area contributed by atoms with E-state index in [2.05, 4.69) is 15.1 Å². The van der Waals surface area contributed by atoms with Gasteiger partial charge in [-0.25, -0.2) is 9.97 Å². The van der Waals surface area contributed by atoms with E-state index in [1.54, 1.807) is 30.9 Å². The molecule has 0 N–H and O–H groups in total. The van der Waals surface area contributed by atoms with Crippen LogP contribution in [-0.2, 0) is 6.54 Å². The number of benzene rings is 1. The first-order chi connectivity index (χ1) is 11.8. The molecule has 0 bridgehead atoms. The van der Waals surface area contributed by atoms with Gasteiger partial charge in [0.15, 0.2) is 5.82 Å². The van der Waals surface area contributed by atoms with Crippen molar-refractivity contribution in [3.63, 3.8) is 0 Å². The maximum atomic E-state index is 5.42. The van der Waals surface area contributed by atoms with E-state index in [0.29, 0.717) is 6.54 Å². The molecule has 0 fully saturated rings. The molecule has 120 valence electrons. The van der Waals surface area contributed by atoms with Crippen molar-refractivity contribution in [3.8, 4) is 27.0 Å². The Morgan fingerprint density at radius 2 is 2.12 bits per heavy atom. The summed E-state index contributed by atoms with van der Waals surface area (Å²) < 4.78 is 12.3. The highest BCUT2D eigenvalue weighted by molar-refractivity contribution is 7.18. The van der Waals surface area contributed by atoms with Gasteiger partial charge in [-0.1, -0.05) is 17.3 Å². The van der Waals surface area contributed by atoms with Gasteiger partial charge in [-0.05, 0) is 12.1 Å². The Kier molecular flexibility index (Phi) is 3.84. The van der Waals surface area contributed by atoms with Gasteiger partial charge >= 0.3 is 0 Å². The van der Waals surface area contributed by atoms with Gasteiger partial charge in [0.05, 0.1) is 24.1 Å². The molecule has 0 aliphatic carbocycles. The largest absolute Gasteiger partial charge is 0.496 e. The van der Waals surface area contributed by atoms with Crippen molar-refractivity contribution in [2.75, 3.05) is 7.11 Å². The van der Waals surface area contributed by atoms with Crippen molar-refractivity contribution >= 4 is 11.3 Å². The highest BCUT2D eigenvalue weighted by Gasteiger charge is 2.14. The first-order valence-corrected chi connectivity index (χ1v) is 8.17. The smallest absolute Gasteiger partial charge is 0.152 e. The van der Waals surface area contributed by atoms with Gasteiger partial charge < -0.3 is 13.8 Å². The molecule has 0 aliphatic rings. The van der Waals surface area contributed by atoms with Crippen molar-refractivity contribution in [1.82, 2.24) is 19.7 Å². The number of hydrogen-bond donors (Lipinski definition) is 0. The number of para-hydroxylation sites is 1. The summed E-state index contributed by atoms with van der Waals surface area (Å²) in [5.41, 5.74) is 1.83. The van der Waals surface area contributed by atoms with Gasteiger partial charge in [-0.2, -0.15) is 0 Å². The molecule has 3 heterocycles. The molecule has 0 radical (unpaired) electrons. The number of methoxy groups -OCH3 is 1. The number of thiazole rings is 1. The molecule has 7 heteroatoms. The Hall–Kier alpha value is -2.93. The van der Waals surface area contributed by atoms with Crippen molar-refractivity contribution in [3.05, 3.63) is 60.9 Å². The first kappa shape index (κ1) is 14.6. The van der Waals surface area contributed by atoms with Crippen LogP contribution in [0.1, 0.15) is 5.69 Å². The number of hydrogen-bond acceptors (Lipinski definition) is 6. The summed E-state index contributed by atoms with van der Waals surface area (Å²) in [4.78, 5) is 9.99. The molecule has 6 nitrogen and oxygen atoms in total. The van der Waals surface area contributed by atoms with E-state index in [9.17, 15) is 0 Å². The van der Waals surface area contributed by atoms with Crippen LogP contribution in [0.4, 0.5) is 0 Å². The molecular weight excluding hydrogens is 324 g/mol. The predicted molar refractivity (Wildman–Crippen MR) is 90.9 cm³/mol. The van der Waals surface area contributed by atoms with E-state index in [-0.39, 0.29) is 0 Å². The minimum Gasteiger partial charge on any atom is -0.496 e. The Bertz CT molecular complexity index is 943. The van der Waals surface area contributed by atoms with Gasteiger partial charge in [0.2, 0.25) is 0 Å². The second-order valence-electron chi connectivity index (χ2n) is 5.10. The normalized spacial score (nSPS) is 10.9. The van der Waals surface area contributed by atoms with E-state index in [0.717, 1.165) is 32.7 Å². The van der Waals surface area contributed by atoms with Crippen molar-refractivity contribution < 1.29 is 9.26 Å². The van der Waals surface area contributed by atoms with Gasteiger partial charge in [0.25, 0.3) is 0 Å². The quantitative estimate of drug-likeness (QED) is 0.555. The number of ether oxygens (including phenoxy) is 1. The number of imidazole rings is 1. The minimum atomic E-state index is 0.605. The third kappa shape index (κ3) is 2.69. The third-order valence-electron chi connectivity index (χ3n) is 3.60. The predicted octanol–water partition coefficient (Wildman–Crippen LogP) is 3.72. The second-order valence-corrected chi connectivity index (χ2v) is 6.13. The Labute approximate surface area is 142 Å². The SMILES string of the molecule is COc1ccccc1-c1ncc(-c2nccn2Cc2ccon2)s1. The van der Waals surface area contributed by atoms with Crippen LogP contribution in [0.2, 0.25) is 0 Å². The average molecular weight is 338 g/mol. The van der Waals surface area contributed by atoms with Crippen molar-refractivity contribution in [2.24, 2.45) is 0 Å². The molecule has 4 rings (SSSR count). The summed E-state index contributed by atoms with van der Waals surface area (Å²) in [7, 11) is 1.66. The van der Waals surface area contributed by atoms with Crippen molar-refractivity contribution in [1.29, 1.82) is 0 Å². The Morgan fingerprint density at radius 3 is 2.96 bits per heavy atom. The molecular formula is C17H14N4O2S. The lowest BCUT2D eigenvalue weighted by molar-refractivity contribution is 0.410. The van der Waals surface area contributed by atoms with Gasteiger partial charge in [-0.15, -0.1) is 11.3 Å². The van der Waals surface area contributed by atoms with Crippen LogP contribution >= 0.6 is 11.3 Å². The lowest BCUT2D eigenvalue weighted by Crippen LogP contribution is -2.00. The fourth-order valence-electron chi connectivity index (χ4n) is 2.48. The molecule has 0 spiro atoms. The fourth-order valence-corrected chi connectivity index (χ4v) is 3.44. The van der Waals surface area contributed by atoms with Crippen LogP contribution in [0, 0.1) is 0 Å². The van der Waals surface area contributed by atoms with Gasteiger partial charge in [0, 0.05) is 24.7 Å². The molecule has 4 aromatic rings. The van der Waals surface area contributed by atoms with E-state index in [1.807, 2.05) is 47.3 Å². The zero-order chi connectivity index (χ0) is 16.4. The summed E-state index contributed by atoms with van der Waals surface area (Å²) >= 11 is 1.58. The van der Waals surface area contributed by atoms with Crippen LogP contribution in [0.3, 0.4) is 0 Å². The van der Waals surface area contributed by atoms with Crippen LogP contribution in [-0.4, -0.2) is 26.8 Å². The van der Waals surface area contributed by atoms with Crippen molar-refractivity contribution in [2.45, 2.75) is 6.54 Å². The highest BCUT2D eigenvalue weighted by atomic mass is 32.1. The van der Waals surface area contributed by atoms with Gasteiger partial charge in [-0.3, -0.25) is 0 Å². The molecule has 0 saturated heterocycles. The zero-order valence-electron chi connectivity index (χ0n) is 12.9. The molecule has 0 amide bonds. The number of nitrogens with zero attached hydrogens (tertiary/aromatic N) is 4. The number of rotatable bonds is 5. The topological polar surface area (TPSA) is 66.0 Å². The lowest BCUT2D eigenvalue weighted by atomic mass is 10.2. The maximum Gasteiger partial charge on any atom is 0.152 e. The molecule has 0 atom stereocenters. The second kappa shape index (κ2) is 6.29. The molecule has 3 aromatic heterocycles. The summed E-state index contributed by atoms with van der Waals surface area (Å²) in [6.07, 6.45) is 7.11. The van der Waals surface area contributed by atoms with Crippen LogP contribution in [0.15, 0.2) is 59.7 Å². The maximum absolute atomic E-state index is 5.42. The summed E-state index contributed by atoms with van der Waals surface area (Å²) in [6.45, 7) is 0.605. The van der Waals surface area contributed by atoms with Crippen LogP contribution in [0.5, 0.6) is 5.75 Å². The van der Waals surface area contributed by atoms with Crippen LogP contribution < -0.4 is 4.74 Å². The van der Waals surface area contributed by atoms with E-state index < -0.39 is 0 Å². The standard InChI is InChI=1S/C17H14N4O2S/c1-22-14-5-3-2-4-13(14)17-19-10-15(24-17)16-18-7-8-21(16)11-12-6-9-23-20-12/h2-10H,11H2,1H3. The summed E-state index contributed by atoms with van der Waals surface area (Å²) in [5, 5.41) is 4.85. The average Bonchev–Trinajstić information content (AvgIpc) is 3.36. The van der Waals surface area contributed by atoms with E-state index in [4.69, 9.17) is 9.26 Å². The van der Waals surface area contributed by atoms with E-state index >= 15 is 0 Å².